The Morgan fingerprint density at radius 2 is 1.29 bits per heavy atom. The molecule has 0 radical (unpaired) electrons. The number of aromatic nitrogens is 3. The molecule has 2 bridgehead atoms. The van der Waals surface area contributed by atoms with Crippen molar-refractivity contribution >= 4 is 45.3 Å². The number of H-pyrrole nitrogens is 1. The standard InChI is InChI=1S/C14H10N2O2.C13H12N4/c15-13(17)9-1-3-10(4-2-9)14(18)16-11-5-6-12(16)8-7-11;14-9-3-1-8(2-4-9)13-16-11-6-5-10(15)7-12(11)17-13/h1-8H,(H2,15,17);1-7H,14-15H2,(H,16,17). The number of rotatable bonds is 3. The molecule has 8 nitrogen and oxygen atoms in total. The number of fused-ring (bicyclic) bond motifs is 3. The molecule has 0 saturated heterocycles. The number of nitrogen functional groups attached to an aromatic ring is 2. The molecule has 7 N–H and O–H groups in total. The first-order valence-electron chi connectivity index (χ1n) is 10.8. The van der Waals surface area contributed by atoms with E-state index in [-0.39, 0.29) is 5.91 Å². The van der Waals surface area contributed by atoms with Crippen molar-refractivity contribution in [1.29, 1.82) is 0 Å². The molecule has 8 heteroatoms. The summed E-state index contributed by atoms with van der Waals surface area (Å²) in [6.45, 7) is 0. The molecule has 0 aliphatic rings. The van der Waals surface area contributed by atoms with Gasteiger partial charge in [-0.25, -0.2) is 4.98 Å². The molecule has 0 aliphatic heterocycles. The van der Waals surface area contributed by atoms with Gasteiger partial charge in [0.2, 0.25) is 5.91 Å². The van der Waals surface area contributed by atoms with Gasteiger partial charge in [-0.2, -0.15) is 0 Å². The highest BCUT2D eigenvalue weighted by molar-refractivity contribution is 6.03. The summed E-state index contributed by atoms with van der Waals surface area (Å²) >= 11 is 0. The number of nitrogens with two attached hydrogens (primary N) is 3. The first-order chi connectivity index (χ1) is 16.9. The zero-order valence-corrected chi connectivity index (χ0v) is 18.6. The summed E-state index contributed by atoms with van der Waals surface area (Å²) in [5.41, 5.74) is 23.5. The van der Waals surface area contributed by atoms with Crippen LogP contribution in [0.25, 0.3) is 33.5 Å². The highest BCUT2D eigenvalue weighted by Gasteiger charge is 2.14. The Hall–Kier alpha value is -5.11. The predicted octanol–water partition coefficient (Wildman–Crippen LogP) is 4.26. The summed E-state index contributed by atoms with van der Waals surface area (Å²) in [6.07, 6.45) is 0. The van der Waals surface area contributed by atoms with Crippen LogP contribution in [0.15, 0.2) is 91.0 Å². The van der Waals surface area contributed by atoms with Gasteiger partial charge in [0.15, 0.2) is 0 Å². The number of amides is 1. The highest BCUT2D eigenvalue weighted by atomic mass is 16.2. The first-order valence-corrected chi connectivity index (χ1v) is 10.8. The van der Waals surface area contributed by atoms with Crippen LogP contribution in [0.1, 0.15) is 20.7 Å². The topological polar surface area (TPSA) is 146 Å². The van der Waals surface area contributed by atoms with Crippen LogP contribution in [0.3, 0.4) is 0 Å². The minimum absolute atomic E-state index is 0.106. The zero-order chi connectivity index (χ0) is 24.5. The largest absolute Gasteiger partial charge is 0.399 e. The van der Waals surface area contributed by atoms with E-state index >= 15 is 0 Å². The van der Waals surface area contributed by atoms with E-state index in [2.05, 4.69) is 9.97 Å². The van der Waals surface area contributed by atoms with Gasteiger partial charge in [-0.3, -0.25) is 14.2 Å². The fourth-order valence-electron chi connectivity index (χ4n) is 3.85. The van der Waals surface area contributed by atoms with Gasteiger partial charge in [0.05, 0.1) is 11.0 Å². The van der Waals surface area contributed by atoms with E-state index in [0.29, 0.717) is 11.1 Å². The van der Waals surface area contributed by atoms with Crippen LogP contribution in [0, 0.1) is 0 Å². The van der Waals surface area contributed by atoms with Crippen LogP contribution in [-0.4, -0.2) is 26.3 Å². The second-order valence-electron chi connectivity index (χ2n) is 8.08. The molecule has 3 aromatic carbocycles. The van der Waals surface area contributed by atoms with Crippen molar-refractivity contribution in [3.63, 3.8) is 0 Å². The second-order valence-corrected chi connectivity index (χ2v) is 8.08. The van der Waals surface area contributed by atoms with Crippen LogP contribution in [0.5, 0.6) is 0 Å². The number of nitrogens with one attached hydrogen (secondary N) is 1. The van der Waals surface area contributed by atoms with E-state index in [1.54, 1.807) is 28.8 Å². The van der Waals surface area contributed by atoms with Crippen LogP contribution in [0.2, 0.25) is 0 Å². The van der Waals surface area contributed by atoms with Crippen LogP contribution in [-0.2, 0) is 0 Å². The average molecular weight is 463 g/mol. The van der Waals surface area contributed by atoms with E-state index in [4.69, 9.17) is 17.2 Å². The van der Waals surface area contributed by atoms with Crippen molar-refractivity contribution in [1.82, 2.24) is 14.5 Å². The van der Waals surface area contributed by atoms with Gasteiger partial charge in [-0.15, -0.1) is 0 Å². The minimum atomic E-state index is -0.498. The summed E-state index contributed by atoms with van der Waals surface area (Å²) in [6, 6.07) is 27.1. The van der Waals surface area contributed by atoms with E-state index in [1.165, 1.54) is 0 Å². The molecule has 35 heavy (non-hydrogen) atoms. The van der Waals surface area contributed by atoms with Crippen LogP contribution < -0.4 is 17.2 Å². The third-order valence-corrected chi connectivity index (χ3v) is 5.68. The van der Waals surface area contributed by atoms with Gasteiger partial charge in [0.1, 0.15) is 5.82 Å². The van der Waals surface area contributed by atoms with Gasteiger partial charge in [0, 0.05) is 39.1 Å². The lowest BCUT2D eigenvalue weighted by Crippen LogP contribution is -2.13. The maximum Gasteiger partial charge on any atom is 0.262 e. The molecular weight excluding hydrogens is 440 g/mol. The van der Waals surface area contributed by atoms with Gasteiger partial charge in [-0.05, 0) is 91.0 Å². The second kappa shape index (κ2) is 8.68. The average Bonchev–Trinajstić information content (AvgIpc) is 3.58. The number of hydrogen-bond acceptors (Lipinski definition) is 5. The number of anilines is 2. The lowest BCUT2D eigenvalue weighted by molar-refractivity contribution is 0.0965. The van der Waals surface area contributed by atoms with Crippen molar-refractivity contribution in [2.24, 2.45) is 5.73 Å². The van der Waals surface area contributed by atoms with Gasteiger partial charge < -0.3 is 22.2 Å². The van der Waals surface area contributed by atoms with Crippen molar-refractivity contribution in [3.05, 3.63) is 102 Å². The third kappa shape index (κ3) is 4.28. The van der Waals surface area contributed by atoms with Crippen LogP contribution >= 0.6 is 0 Å². The van der Waals surface area contributed by atoms with E-state index in [9.17, 15) is 9.59 Å². The normalized spacial score (nSPS) is 10.9. The smallest absolute Gasteiger partial charge is 0.262 e. The number of carbonyl (C=O) groups is 2. The molecule has 3 heterocycles. The number of imidazole rings is 1. The fraction of sp³-hybridized carbons (Fsp3) is 0. The van der Waals surface area contributed by atoms with Gasteiger partial charge in [0.25, 0.3) is 5.91 Å². The van der Waals surface area contributed by atoms with Crippen molar-refractivity contribution in [2.45, 2.75) is 0 Å². The number of primary amides is 1. The summed E-state index contributed by atoms with van der Waals surface area (Å²) in [4.78, 5) is 31.0. The molecule has 0 unspecified atom stereocenters. The van der Waals surface area contributed by atoms with Gasteiger partial charge in [-0.1, -0.05) is 0 Å². The van der Waals surface area contributed by atoms with Crippen molar-refractivity contribution in [3.8, 4) is 11.4 Å². The maximum absolute atomic E-state index is 12.3. The minimum Gasteiger partial charge on any atom is -0.399 e. The number of benzene rings is 4. The van der Waals surface area contributed by atoms with E-state index in [1.807, 2.05) is 66.7 Å². The Bertz CT molecular complexity index is 1600. The molecule has 0 saturated carbocycles. The summed E-state index contributed by atoms with van der Waals surface area (Å²) in [7, 11) is 0. The molecule has 0 spiro atoms. The monoisotopic (exact) mass is 462 g/mol. The van der Waals surface area contributed by atoms with E-state index < -0.39 is 5.91 Å². The Kier molecular flexibility index (Phi) is 5.39. The quantitative estimate of drug-likeness (QED) is 0.290. The van der Waals surface area contributed by atoms with Crippen LogP contribution in [0.4, 0.5) is 11.4 Å². The lowest BCUT2D eigenvalue weighted by Gasteiger charge is -2.03. The lowest BCUT2D eigenvalue weighted by atomic mass is 10.1. The van der Waals surface area contributed by atoms with E-state index in [0.717, 1.165) is 44.8 Å². The van der Waals surface area contributed by atoms with Gasteiger partial charge >= 0.3 is 0 Å². The maximum atomic E-state index is 12.3. The first kappa shape index (κ1) is 21.7. The summed E-state index contributed by atoms with van der Waals surface area (Å²) < 4.78 is 1.64. The summed E-state index contributed by atoms with van der Waals surface area (Å²) in [5, 5.41) is 0. The molecule has 6 rings (SSSR count). The number of hydrogen-bond donors (Lipinski definition) is 4. The predicted molar refractivity (Wildman–Crippen MR) is 138 cm³/mol. The number of nitrogens with zero attached hydrogens (tertiary/aromatic N) is 2. The highest BCUT2D eigenvalue weighted by Crippen LogP contribution is 2.23. The molecule has 0 atom stereocenters. The fourth-order valence-corrected chi connectivity index (χ4v) is 3.85. The molecule has 1 amide bonds. The Morgan fingerprint density at radius 3 is 1.89 bits per heavy atom. The number of aromatic amines is 1. The number of carbonyl (C=O) groups excluding carboxylic acids is 2. The van der Waals surface area contributed by atoms with Crippen molar-refractivity contribution < 1.29 is 9.59 Å². The molecule has 0 aliphatic carbocycles. The molecule has 172 valence electrons. The van der Waals surface area contributed by atoms with Crippen molar-refractivity contribution in [2.75, 3.05) is 11.5 Å². The molecule has 3 aromatic heterocycles. The Balaban J connectivity index is 0.000000145. The molecule has 6 aromatic rings. The SMILES string of the molecule is NC(=O)c1ccc(C(=O)n2c3ccc2cc3)cc1.Nc1ccc(-c2nc3ccc(N)cc3[nH]2)cc1. The molecular formula is C27H22N6O2. The Labute approximate surface area is 200 Å². The summed E-state index contributed by atoms with van der Waals surface area (Å²) in [5.74, 6) is 0.221. The third-order valence-electron chi connectivity index (χ3n) is 5.68. The Morgan fingerprint density at radius 1 is 0.714 bits per heavy atom. The zero-order valence-electron chi connectivity index (χ0n) is 18.6. The molecule has 0 fully saturated rings.